The normalized spacial score (nSPS) is 10.8. The number of pyridine rings is 1. The molecule has 0 N–H and O–H groups in total. The molecule has 0 aliphatic rings. The van der Waals surface area contributed by atoms with E-state index in [-0.39, 0.29) is 0 Å². The summed E-state index contributed by atoms with van der Waals surface area (Å²) >= 11 is 0. The lowest BCUT2D eigenvalue weighted by molar-refractivity contribution is 0.653. The van der Waals surface area contributed by atoms with Crippen LogP contribution >= 0.6 is 0 Å². The van der Waals surface area contributed by atoms with Crippen molar-refractivity contribution in [1.82, 2.24) is 4.98 Å². The number of nitrogens with zero attached hydrogens (tertiary/aromatic N) is 1. The summed E-state index contributed by atoms with van der Waals surface area (Å²) in [5.74, 6) is 0. The van der Waals surface area contributed by atoms with Gasteiger partial charge in [0, 0.05) is 23.4 Å². The van der Waals surface area contributed by atoms with Gasteiger partial charge >= 0.3 is 0 Å². The van der Waals surface area contributed by atoms with Gasteiger partial charge in [0.2, 0.25) is 0 Å². The Morgan fingerprint density at radius 2 is 1.88 bits per heavy atom. The quantitative estimate of drug-likeness (QED) is 0.569. The van der Waals surface area contributed by atoms with E-state index < -0.39 is 0 Å². The molecule has 3 rings (SSSR count). The van der Waals surface area contributed by atoms with Crippen LogP contribution in [0.3, 0.4) is 0 Å². The van der Waals surface area contributed by atoms with Crippen LogP contribution in [-0.4, -0.2) is 12.8 Å². The first-order valence-corrected chi connectivity index (χ1v) is 5.03. The number of rotatable bonds is 1. The van der Waals surface area contributed by atoms with Crippen molar-refractivity contribution in [1.29, 1.82) is 0 Å². The standard InChI is InChI=1S/C13H8BNO/c14-13-8-11-10(2-1-3-12(11)16-13)9-4-6-15-7-5-9/h1-8H. The second kappa shape index (κ2) is 3.52. The molecule has 0 amide bonds. The number of hydrogen-bond acceptors (Lipinski definition) is 2. The van der Waals surface area contributed by atoms with Gasteiger partial charge in [-0.2, -0.15) is 0 Å². The van der Waals surface area contributed by atoms with E-state index >= 15 is 0 Å². The molecule has 0 saturated carbocycles. The molecule has 2 heterocycles. The topological polar surface area (TPSA) is 26.0 Å². The van der Waals surface area contributed by atoms with Gasteiger partial charge in [-0.05, 0) is 35.4 Å². The summed E-state index contributed by atoms with van der Waals surface area (Å²) in [6.45, 7) is 0. The SMILES string of the molecule is [B]c1cc2c(-c3ccncc3)cccc2o1. The van der Waals surface area contributed by atoms with E-state index in [1.54, 1.807) is 12.4 Å². The molecular formula is C13H8BNO. The van der Waals surface area contributed by atoms with Crippen LogP contribution in [-0.2, 0) is 0 Å². The fourth-order valence-corrected chi connectivity index (χ4v) is 1.86. The van der Waals surface area contributed by atoms with Crippen LogP contribution in [0.1, 0.15) is 0 Å². The van der Waals surface area contributed by atoms with Crippen molar-refractivity contribution >= 4 is 24.5 Å². The van der Waals surface area contributed by atoms with Crippen LogP contribution < -0.4 is 5.66 Å². The molecule has 0 aliphatic heterocycles. The zero-order valence-electron chi connectivity index (χ0n) is 8.55. The smallest absolute Gasteiger partial charge is 0.167 e. The van der Waals surface area contributed by atoms with Crippen LogP contribution in [0, 0.1) is 0 Å². The Morgan fingerprint density at radius 3 is 2.69 bits per heavy atom. The highest BCUT2D eigenvalue weighted by Crippen LogP contribution is 2.27. The van der Waals surface area contributed by atoms with Gasteiger partial charge in [0.1, 0.15) is 5.58 Å². The number of furan rings is 1. The molecule has 16 heavy (non-hydrogen) atoms. The van der Waals surface area contributed by atoms with E-state index in [1.807, 2.05) is 36.4 Å². The van der Waals surface area contributed by atoms with Crippen molar-refractivity contribution in [2.24, 2.45) is 0 Å². The minimum absolute atomic E-state index is 0.441. The lowest BCUT2D eigenvalue weighted by atomic mass is 10.0. The predicted molar refractivity (Wildman–Crippen MR) is 64.8 cm³/mol. The maximum atomic E-state index is 5.66. The third-order valence-corrected chi connectivity index (χ3v) is 2.57. The average Bonchev–Trinajstić information content (AvgIpc) is 2.70. The Balaban J connectivity index is 2.31. The van der Waals surface area contributed by atoms with Gasteiger partial charge in [-0.25, -0.2) is 0 Å². The van der Waals surface area contributed by atoms with Crippen molar-refractivity contribution in [3.05, 3.63) is 48.8 Å². The summed E-state index contributed by atoms with van der Waals surface area (Å²) in [6, 6.07) is 11.7. The molecule has 74 valence electrons. The Morgan fingerprint density at radius 1 is 1.06 bits per heavy atom. The van der Waals surface area contributed by atoms with Gasteiger partial charge in [-0.15, -0.1) is 0 Å². The fourth-order valence-electron chi connectivity index (χ4n) is 1.86. The van der Waals surface area contributed by atoms with E-state index in [0.29, 0.717) is 5.66 Å². The first-order valence-electron chi connectivity index (χ1n) is 5.03. The Kier molecular flexibility index (Phi) is 2.03. The largest absolute Gasteiger partial charge is 0.473 e. The molecule has 0 unspecified atom stereocenters. The third-order valence-electron chi connectivity index (χ3n) is 2.57. The molecule has 0 bridgehead atoms. The summed E-state index contributed by atoms with van der Waals surface area (Å²) in [5, 5.41) is 1.03. The lowest BCUT2D eigenvalue weighted by Crippen LogP contribution is -1.92. The Hall–Kier alpha value is -2.03. The summed E-state index contributed by atoms with van der Waals surface area (Å²) in [6.07, 6.45) is 3.55. The third kappa shape index (κ3) is 1.41. The van der Waals surface area contributed by atoms with Crippen molar-refractivity contribution in [3.63, 3.8) is 0 Å². The predicted octanol–water partition coefficient (Wildman–Crippen LogP) is 2.29. The molecule has 2 aromatic heterocycles. The van der Waals surface area contributed by atoms with Crippen molar-refractivity contribution in [3.8, 4) is 11.1 Å². The Labute approximate surface area is 94.3 Å². The second-order valence-corrected chi connectivity index (χ2v) is 3.60. The van der Waals surface area contributed by atoms with Crippen LogP contribution in [0.4, 0.5) is 0 Å². The highest BCUT2D eigenvalue weighted by atomic mass is 16.3. The molecule has 0 atom stereocenters. The van der Waals surface area contributed by atoms with Crippen molar-refractivity contribution in [2.75, 3.05) is 0 Å². The van der Waals surface area contributed by atoms with Crippen LogP contribution in [0.5, 0.6) is 0 Å². The van der Waals surface area contributed by atoms with E-state index in [9.17, 15) is 0 Å². The van der Waals surface area contributed by atoms with Crippen LogP contribution in [0.25, 0.3) is 22.1 Å². The van der Waals surface area contributed by atoms with E-state index in [1.165, 1.54) is 0 Å². The van der Waals surface area contributed by atoms with Gasteiger partial charge < -0.3 is 4.42 Å². The molecule has 2 nitrogen and oxygen atoms in total. The van der Waals surface area contributed by atoms with Crippen LogP contribution in [0.15, 0.2) is 53.2 Å². The maximum absolute atomic E-state index is 5.66. The zero-order chi connectivity index (χ0) is 11.0. The van der Waals surface area contributed by atoms with Crippen LogP contribution in [0.2, 0.25) is 0 Å². The monoisotopic (exact) mass is 205 g/mol. The van der Waals surface area contributed by atoms with Crippen molar-refractivity contribution < 1.29 is 4.42 Å². The first kappa shape index (κ1) is 9.22. The molecule has 0 fully saturated rings. The number of hydrogen-bond donors (Lipinski definition) is 0. The summed E-state index contributed by atoms with van der Waals surface area (Å²) in [7, 11) is 5.66. The number of aromatic nitrogens is 1. The second-order valence-electron chi connectivity index (χ2n) is 3.60. The van der Waals surface area contributed by atoms with Gasteiger partial charge in [-0.1, -0.05) is 12.1 Å². The van der Waals surface area contributed by atoms with E-state index in [2.05, 4.69) is 4.98 Å². The highest BCUT2D eigenvalue weighted by Gasteiger charge is 2.06. The summed E-state index contributed by atoms with van der Waals surface area (Å²) in [5.41, 5.74) is 3.48. The number of fused-ring (bicyclic) bond motifs is 1. The van der Waals surface area contributed by atoms with Gasteiger partial charge in [0.15, 0.2) is 7.85 Å². The number of benzene rings is 1. The molecule has 0 spiro atoms. The van der Waals surface area contributed by atoms with Crippen molar-refractivity contribution in [2.45, 2.75) is 0 Å². The molecule has 0 saturated heterocycles. The lowest BCUT2D eigenvalue weighted by Gasteiger charge is -2.01. The molecule has 0 aliphatic carbocycles. The first-order chi connectivity index (χ1) is 7.84. The molecule has 1 aromatic carbocycles. The average molecular weight is 205 g/mol. The maximum Gasteiger partial charge on any atom is 0.167 e. The highest BCUT2D eigenvalue weighted by molar-refractivity contribution is 6.31. The molecule has 2 radical (unpaired) electrons. The summed E-state index contributed by atoms with van der Waals surface area (Å²) < 4.78 is 5.39. The molecular weight excluding hydrogens is 197 g/mol. The van der Waals surface area contributed by atoms with E-state index in [0.717, 1.165) is 22.1 Å². The van der Waals surface area contributed by atoms with Gasteiger partial charge in [0.25, 0.3) is 0 Å². The van der Waals surface area contributed by atoms with Gasteiger partial charge in [-0.3, -0.25) is 4.98 Å². The Bertz CT molecular complexity index is 631. The van der Waals surface area contributed by atoms with E-state index in [4.69, 9.17) is 12.3 Å². The molecule has 3 heteroatoms. The van der Waals surface area contributed by atoms with Gasteiger partial charge in [0.05, 0.1) is 0 Å². The summed E-state index contributed by atoms with van der Waals surface area (Å²) in [4.78, 5) is 4.01. The zero-order valence-corrected chi connectivity index (χ0v) is 8.55. The minimum atomic E-state index is 0.441. The minimum Gasteiger partial charge on any atom is -0.473 e. The fraction of sp³-hybridized carbons (Fsp3) is 0. The molecule has 3 aromatic rings.